The van der Waals surface area contributed by atoms with Crippen LogP contribution in [0.25, 0.3) is 11.3 Å². The van der Waals surface area contributed by atoms with Crippen LogP contribution in [0.3, 0.4) is 0 Å². The molecule has 0 bridgehead atoms. The monoisotopic (exact) mass is 283 g/mol. The Morgan fingerprint density at radius 3 is 2.79 bits per heavy atom. The van der Waals surface area contributed by atoms with E-state index in [0.29, 0.717) is 6.29 Å². The summed E-state index contributed by atoms with van der Waals surface area (Å²) in [5.41, 5.74) is -0.471. The number of halogens is 2. The molecule has 98 valence electrons. The molecule has 0 aliphatic carbocycles. The Hall–Kier alpha value is -2.28. The molecule has 6 nitrogen and oxygen atoms in total. The zero-order chi connectivity index (χ0) is 14.2. The lowest BCUT2D eigenvalue weighted by Gasteiger charge is -2.00. The number of aryl methyl sites for hydroxylation is 1. The van der Waals surface area contributed by atoms with Crippen LogP contribution in [0.2, 0.25) is 5.15 Å². The first-order valence-electron chi connectivity index (χ1n) is 5.07. The average molecular weight is 284 g/mol. The fourth-order valence-electron chi connectivity index (χ4n) is 1.63. The third-order valence-corrected chi connectivity index (χ3v) is 2.99. The van der Waals surface area contributed by atoms with Crippen molar-refractivity contribution in [3.63, 3.8) is 0 Å². The first-order valence-corrected chi connectivity index (χ1v) is 5.45. The smallest absolute Gasteiger partial charge is 0.270 e. The van der Waals surface area contributed by atoms with E-state index >= 15 is 0 Å². The Labute approximate surface area is 111 Å². The van der Waals surface area contributed by atoms with Crippen LogP contribution in [0.4, 0.5) is 10.1 Å². The van der Waals surface area contributed by atoms with Crippen molar-refractivity contribution in [3.8, 4) is 11.3 Å². The van der Waals surface area contributed by atoms with E-state index in [2.05, 4.69) is 5.10 Å². The lowest BCUT2D eigenvalue weighted by atomic mass is 10.1. The van der Waals surface area contributed by atoms with Crippen LogP contribution >= 0.6 is 11.6 Å². The SMILES string of the molecule is Cn1nc(-c2cc([N+](=O)[O-])ccc2F)c(C=O)c1Cl. The van der Waals surface area contributed by atoms with Crippen molar-refractivity contribution in [1.29, 1.82) is 0 Å². The molecule has 0 unspecified atom stereocenters. The van der Waals surface area contributed by atoms with Crippen molar-refractivity contribution >= 4 is 23.6 Å². The first kappa shape index (κ1) is 13.2. The quantitative estimate of drug-likeness (QED) is 0.493. The van der Waals surface area contributed by atoms with Gasteiger partial charge in [0.1, 0.15) is 16.7 Å². The largest absolute Gasteiger partial charge is 0.298 e. The molecule has 0 spiro atoms. The Balaban J connectivity index is 2.71. The van der Waals surface area contributed by atoms with Crippen LogP contribution < -0.4 is 0 Å². The number of benzene rings is 1. The van der Waals surface area contributed by atoms with E-state index in [9.17, 15) is 19.3 Å². The second kappa shape index (κ2) is 4.77. The molecule has 0 saturated carbocycles. The number of aromatic nitrogens is 2. The van der Waals surface area contributed by atoms with Crippen molar-refractivity contribution in [2.75, 3.05) is 0 Å². The molecule has 1 heterocycles. The number of nitro groups is 1. The van der Waals surface area contributed by atoms with Gasteiger partial charge in [-0.3, -0.25) is 19.6 Å². The highest BCUT2D eigenvalue weighted by atomic mass is 35.5. The Bertz CT molecular complexity index is 684. The van der Waals surface area contributed by atoms with E-state index < -0.39 is 10.7 Å². The van der Waals surface area contributed by atoms with Gasteiger partial charge in [0.25, 0.3) is 5.69 Å². The number of rotatable bonds is 3. The van der Waals surface area contributed by atoms with Crippen molar-refractivity contribution in [2.45, 2.75) is 0 Å². The highest BCUT2D eigenvalue weighted by Gasteiger charge is 2.20. The summed E-state index contributed by atoms with van der Waals surface area (Å²) in [4.78, 5) is 21.0. The van der Waals surface area contributed by atoms with Gasteiger partial charge in [-0.05, 0) is 6.07 Å². The molecule has 0 aliphatic heterocycles. The number of nitro benzene ring substituents is 1. The maximum absolute atomic E-state index is 13.7. The van der Waals surface area contributed by atoms with E-state index in [1.165, 1.54) is 11.7 Å². The number of hydrogen-bond donors (Lipinski definition) is 0. The molecule has 0 fully saturated rings. The lowest BCUT2D eigenvalue weighted by molar-refractivity contribution is -0.384. The molecule has 0 N–H and O–H groups in total. The van der Waals surface area contributed by atoms with Gasteiger partial charge in [-0.1, -0.05) is 11.6 Å². The summed E-state index contributed by atoms with van der Waals surface area (Å²) >= 11 is 5.83. The van der Waals surface area contributed by atoms with Crippen LogP contribution in [0.5, 0.6) is 0 Å². The fraction of sp³-hybridized carbons (Fsp3) is 0.0909. The van der Waals surface area contributed by atoms with Gasteiger partial charge >= 0.3 is 0 Å². The molecule has 8 heteroatoms. The predicted molar refractivity (Wildman–Crippen MR) is 65.7 cm³/mol. The Morgan fingerprint density at radius 1 is 1.53 bits per heavy atom. The number of carbonyl (C=O) groups is 1. The summed E-state index contributed by atoms with van der Waals surface area (Å²) in [7, 11) is 1.48. The average Bonchev–Trinajstić information content (AvgIpc) is 2.65. The standard InChI is InChI=1S/C11H7ClFN3O3/c1-15-11(12)8(5-17)10(14-15)7-4-6(16(18)19)2-3-9(7)13/h2-5H,1H3. The van der Waals surface area contributed by atoms with Crippen LogP contribution in [0.15, 0.2) is 18.2 Å². The van der Waals surface area contributed by atoms with Crippen LogP contribution in [-0.2, 0) is 7.05 Å². The zero-order valence-corrected chi connectivity index (χ0v) is 10.4. The van der Waals surface area contributed by atoms with Crippen LogP contribution in [-0.4, -0.2) is 21.0 Å². The molecule has 0 radical (unpaired) electrons. The van der Waals surface area contributed by atoms with Gasteiger partial charge in [0.2, 0.25) is 0 Å². The van der Waals surface area contributed by atoms with Gasteiger partial charge in [0, 0.05) is 24.7 Å². The summed E-state index contributed by atoms with van der Waals surface area (Å²) in [5.74, 6) is -0.719. The van der Waals surface area contributed by atoms with E-state index in [0.717, 1.165) is 18.2 Å². The second-order valence-electron chi connectivity index (χ2n) is 3.72. The van der Waals surface area contributed by atoms with Crippen molar-refractivity contribution in [3.05, 3.63) is 44.8 Å². The highest BCUT2D eigenvalue weighted by molar-refractivity contribution is 6.32. The van der Waals surface area contributed by atoms with Gasteiger partial charge in [-0.15, -0.1) is 0 Å². The Morgan fingerprint density at radius 2 is 2.21 bits per heavy atom. The molecular formula is C11H7ClFN3O3. The molecule has 2 rings (SSSR count). The number of aldehydes is 1. The molecular weight excluding hydrogens is 277 g/mol. The minimum atomic E-state index is -0.719. The molecule has 0 atom stereocenters. The second-order valence-corrected chi connectivity index (χ2v) is 4.07. The van der Waals surface area contributed by atoms with E-state index in [1.54, 1.807) is 0 Å². The topological polar surface area (TPSA) is 78.0 Å². The van der Waals surface area contributed by atoms with Crippen molar-refractivity contribution in [2.24, 2.45) is 7.05 Å². The van der Waals surface area contributed by atoms with E-state index in [1.807, 2.05) is 0 Å². The predicted octanol–water partition coefficient (Wildman–Crippen LogP) is 2.60. The van der Waals surface area contributed by atoms with Crippen molar-refractivity contribution in [1.82, 2.24) is 9.78 Å². The molecule has 0 saturated heterocycles. The number of nitrogens with zero attached hydrogens (tertiary/aromatic N) is 3. The maximum atomic E-state index is 13.7. The first-order chi connectivity index (χ1) is 8.95. The molecule has 0 amide bonds. The minimum absolute atomic E-state index is 0.0106. The summed E-state index contributed by atoms with van der Waals surface area (Å²) in [5, 5.41) is 14.6. The highest BCUT2D eigenvalue weighted by Crippen LogP contribution is 2.31. The zero-order valence-electron chi connectivity index (χ0n) is 9.63. The number of non-ortho nitro benzene ring substituents is 1. The number of hydrogen-bond acceptors (Lipinski definition) is 4. The summed E-state index contributed by atoms with van der Waals surface area (Å²) in [6.45, 7) is 0. The third-order valence-electron chi connectivity index (χ3n) is 2.55. The van der Waals surface area contributed by atoms with Crippen LogP contribution in [0, 0.1) is 15.9 Å². The normalized spacial score (nSPS) is 10.5. The third kappa shape index (κ3) is 2.19. The van der Waals surface area contributed by atoms with Crippen molar-refractivity contribution < 1.29 is 14.1 Å². The fourth-order valence-corrected chi connectivity index (χ4v) is 1.80. The van der Waals surface area contributed by atoms with Crippen LogP contribution in [0.1, 0.15) is 10.4 Å². The van der Waals surface area contributed by atoms with Gasteiger partial charge in [0.05, 0.1) is 10.5 Å². The van der Waals surface area contributed by atoms with Gasteiger partial charge in [0.15, 0.2) is 6.29 Å². The Kier molecular flexibility index (Phi) is 3.30. The molecule has 19 heavy (non-hydrogen) atoms. The lowest BCUT2D eigenvalue weighted by Crippen LogP contribution is -1.94. The summed E-state index contributed by atoms with van der Waals surface area (Å²) in [6, 6.07) is 3.00. The van der Waals surface area contributed by atoms with Gasteiger partial charge in [-0.2, -0.15) is 5.10 Å². The van der Waals surface area contributed by atoms with E-state index in [4.69, 9.17) is 11.6 Å². The molecule has 0 aliphatic rings. The van der Waals surface area contributed by atoms with E-state index in [-0.39, 0.29) is 27.7 Å². The minimum Gasteiger partial charge on any atom is -0.298 e. The molecule has 1 aromatic heterocycles. The maximum Gasteiger partial charge on any atom is 0.270 e. The molecule has 1 aromatic carbocycles. The summed E-state index contributed by atoms with van der Waals surface area (Å²) < 4.78 is 14.9. The summed E-state index contributed by atoms with van der Waals surface area (Å²) in [6.07, 6.45) is 0.433. The van der Waals surface area contributed by atoms with Gasteiger partial charge in [-0.25, -0.2) is 4.39 Å². The number of carbonyl (C=O) groups excluding carboxylic acids is 1. The molecule has 2 aromatic rings. The van der Waals surface area contributed by atoms with Gasteiger partial charge < -0.3 is 0 Å².